The quantitative estimate of drug-likeness (QED) is 0.419. The van der Waals surface area contributed by atoms with Crippen molar-refractivity contribution in [2.75, 3.05) is 0 Å². The van der Waals surface area contributed by atoms with E-state index in [-0.39, 0.29) is 5.82 Å². The standard InChI is InChI=1S/C25H27FS/c1-3-4-18-7-10-21(15-18)24-13-14-25(27-24)22-12-11-20(16-23(22)26)19-8-5-17(2)6-9-19/h5-6,8-9,11-14,16,18,21H,3-4,7,10,15H2,1-2H3. The SMILES string of the molecule is CCCC1CCC(c2ccc(-c3ccc(-c4ccc(C)cc4)cc3F)s2)C1. The number of aryl methyl sites for hydroxylation is 1. The first-order valence-corrected chi connectivity index (χ1v) is 10.9. The summed E-state index contributed by atoms with van der Waals surface area (Å²) < 4.78 is 14.9. The monoisotopic (exact) mass is 378 g/mol. The summed E-state index contributed by atoms with van der Waals surface area (Å²) in [5.74, 6) is 1.43. The van der Waals surface area contributed by atoms with Crippen LogP contribution >= 0.6 is 11.3 Å². The minimum absolute atomic E-state index is 0.128. The van der Waals surface area contributed by atoms with E-state index < -0.39 is 0 Å². The molecule has 0 amide bonds. The summed E-state index contributed by atoms with van der Waals surface area (Å²) in [5, 5.41) is 0. The molecule has 1 saturated carbocycles. The van der Waals surface area contributed by atoms with Crippen LogP contribution in [-0.2, 0) is 0 Å². The molecule has 0 spiro atoms. The van der Waals surface area contributed by atoms with Gasteiger partial charge >= 0.3 is 0 Å². The fourth-order valence-corrected chi connectivity index (χ4v) is 5.54. The van der Waals surface area contributed by atoms with Gasteiger partial charge in [0.15, 0.2) is 0 Å². The van der Waals surface area contributed by atoms with Gasteiger partial charge in [0, 0.05) is 15.3 Å². The van der Waals surface area contributed by atoms with E-state index in [9.17, 15) is 4.39 Å². The van der Waals surface area contributed by atoms with Gasteiger partial charge in [-0.2, -0.15) is 0 Å². The van der Waals surface area contributed by atoms with Crippen LogP contribution in [0.4, 0.5) is 4.39 Å². The van der Waals surface area contributed by atoms with Gasteiger partial charge in [0.2, 0.25) is 0 Å². The summed E-state index contributed by atoms with van der Waals surface area (Å²) in [4.78, 5) is 2.49. The number of benzene rings is 2. The van der Waals surface area contributed by atoms with Gasteiger partial charge in [0.25, 0.3) is 0 Å². The van der Waals surface area contributed by atoms with E-state index in [0.717, 1.165) is 27.5 Å². The Labute approximate surface area is 166 Å². The lowest BCUT2D eigenvalue weighted by atomic mass is 9.99. The molecule has 2 heteroatoms. The summed E-state index contributed by atoms with van der Waals surface area (Å²) in [6.45, 7) is 4.34. The molecule has 0 aliphatic heterocycles. The largest absolute Gasteiger partial charge is 0.206 e. The van der Waals surface area contributed by atoms with Gasteiger partial charge in [0.05, 0.1) is 0 Å². The van der Waals surface area contributed by atoms with Crippen molar-refractivity contribution in [1.82, 2.24) is 0 Å². The highest BCUT2D eigenvalue weighted by atomic mass is 32.1. The third kappa shape index (κ3) is 4.01. The van der Waals surface area contributed by atoms with E-state index in [1.54, 1.807) is 17.4 Å². The zero-order valence-corrected chi connectivity index (χ0v) is 17.0. The first-order chi connectivity index (χ1) is 13.1. The number of hydrogen-bond acceptors (Lipinski definition) is 1. The lowest BCUT2D eigenvalue weighted by molar-refractivity contribution is 0.490. The molecule has 2 aromatic carbocycles. The molecule has 27 heavy (non-hydrogen) atoms. The van der Waals surface area contributed by atoms with Crippen LogP contribution in [0.5, 0.6) is 0 Å². The van der Waals surface area contributed by atoms with Crippen LogP contribution in [0.1, 0.15) is 55.4 Å². The van der Waals surface area contributed by atoms with E-state index in [4.69, 9.17) is 0 Å². The highest BCUT2D eigenvalue weighted by Crippen LogP contribution is 2.44. The van der Waals surface area contributed by atoms with Crippen LogP contribution in [0, 0.1) is 18.7 Å². The number of halogens is 1. The Kier molecular flexibility index (Phi) is 5.45. The fourth-order valence-electron chi connectivity index (χ4n) is 4.36. The highest BCUT2D eigenvalue weighted by Gasteiger charge is 2.26. The molecule has 1 aromatic heterocycles. The second kappa shape index (κ2) is 7.98. The Morgan fingerprint density at radius 1 is 0.963 bits per heavy atom. The summed E-state index contributed by atoms with van der Waals surface area (Å²) in [6.07, 6.45) is 6.59. The van der Waals surface area contributed by atoms with E-state index in [1.807, 2.05) is 12.1 Å². The van der Waals surface area contributed by atoms with Crippen molar-refractivity contribution in [3.63, 3.8) is 0 Å². The normalized spacial score (nSPS) is 19.5. The Bertz CT molecular complexity index is 906. The Balaban J connectivity index is 1.54. The summed E-state index contributed by atoms with van der Waals surface area (Å²) in [6, 6.07) is 18.2. The predicted octanol–water partition coefficient (Wildman–Crippen LogP) is 8.21. The van der Waals surface area contributed by atoms with Gasteiger partial charge in [-0.3, -0.25) is 0 Å². The summed E-state index contributed by atoms with van der Waals surface area (Å²) in [5.41, 5.74) is 3.94. The molecule has 1 aliphatic carbocycles. The molecule has 2 atom stereocenters. The molecule has 2 unspecified atom stereocenters. The molecule has 3 aromatic rings. The third-order valence-corrected chi connectivity index (χ3v) is 7.17. The lowest BCUT2D eigenvalue weighted by Gasteiger charge is -2.09. The molecule has 140 valence electrons. The first kappa shape index (κ1) is 18.4. The van der Waals surface area contributed by atoms with Gasteiger partial charge in [-0.25, -0.2) is 4.39 Å². The maximum absolute atomic E-state index is 14.9. The highest BCUT2D eigenvalue weighted by molar-refractivity contribution is 7.15. The van der Waals surface area contributed by atoms with Crippen molar-refractivity contribution in [2.24, 2.45) is 5.92 Å². The fraction of sp³-hybridized carbons (Fsp3) is 0.360. The smallest absolute Gasteiger partial charge is 0.132 e. The molecule has 0 nitrogen and oxygen atoms in total. The van der Waals surface area contributed by atoms with Crippen LogP contribution in [0.2, 0.25) is 0 Å². The van der Waals surface area contributed by atoms with Crippen molar-refractivity contribution in [3.8, 4) is 21.6 Å². The average molecular weight is 379 g/mol. The minimum Gasteiger partial charge on any atom is -0.206 e. The van der Waals surface area contributed by atoms with Crippen molar-refractivity contribution in [1.29, 1.82) is 0 Å². The molecular formula is C25H27FS. The maximum Gasteiger partial charge on any atom is 0.132 e. The van der Waals surface area contributed by atoms with Gasteiger partial charge in [-0.05, 0) is 73.4 Å². The van der Waals surface area contributed by atoms with Crippen molar-refractivity contribution in [2.45, 2.75) is 51.9 Å². The zero-order chi connectivity index (χ0) is 18.8. The van der Waals surface area contributed by atoms with Crippen LogP contribution in [0.3, 0.4) is 0 Å². The molecule has 0 radical (unpaired) electrons. The Morgan fingerprint density at radius 3 is 2.48 bits per heavy atom. The van der Waals surface area contributed by atoms with E-state index in [1.165, 1.54) is 42.5 Å². The van der Waals surface area contributed by atoms with Crippen molar-refractivity contribution >= 4 is 11.3 Å². The second-order valence-electron chi connectivity index (χ2n) is 7.93. The van der Waals surface area contributed by atoms with E-state index in [2.05, 4.69) is 50.2 Å². The predicted molar refractivity (Wildman–Crippen MR) is 115 cm³/mol. The average Bonchev–Trinajstić information content (AvgIpc) is 3.32. The molecule has 4 rings (SSSR count). The molecule has 0 bridgehead atoms. The summed E-state index contributed by atoms with van der Waals surface area (Å²) >= 11 is 1.78. The van der Waals surface area contributed by atoms with E-state index in [0.29, 0.717) is 5.92 Å². The number of thiophene rings is 1. The van der Waals surface area contributed by atoms with Crippen LogP contribution in [0.15, 0.2) is 54.6 Å². The number of hydrogen-bond donors (Lipinski definition) is 0. The Morgan fingerprint density at radius 2 is 1.74 bits per heavy atom. The topological polar surface area (TPSA) is 0 Å². The van der Waals surface area contributed by atoms with Crippen molar-refractivity contribution < 1.29 is 4.39 Å². The summed E-state index contributed by atoms with van der Waals surface area (Å²) in [7, 11) is 0. The van der Waals surface area contributed by atoms with Crippen LogP contribution < -0.4 is 0 Å². The molecule has 1 aliphatic rings. The molecule has 1 fully saturated rings. The van der Waals surface area contributed by atoms with Gasteiger partial charge in [-0.15, -0.1) is 11.3 Å². The molecular weight excluding hydrogens is 351 g/mol. The van der Waals surface area contributed by atoms with Gasteiger partial charge in [-0.1, -0.05) is 55.7 Å². The minimum atomic E-state index is -0.128. The zero-order valence-electron chi connectivity index (χ0n) is 16.2. The molecule has 0 saturated heterocycles. The third-order valence-electron chi connectivity index (χ3n) is 5.89. The van der Waals surface area contributed by atoms with Crippen LogP contribution in [0.25, 0.3) is 21.6 Å². The van der Waals surface area contributed by atoms with Gasteiger partial charge in [0.1, 0.15) is 5.82 Å². The maximum atomic E-state index is 14.9. The van der Waals surface area contributed by atoms with Gasteiger partial charge < -0.3 is 0 Å². The van der Waals surface area contributed by atoms with E-state index >= 15 is 0 Å². The lowest BCUT2D eigenvalue weighted by Crippen LogP contribution is -1.93. The van der Waals surface area contributed by atoms with Crippen molar-refractivity contribution in [3.05, 3.63) is 70.9 Å². The second-order valence-corrected chi connectivity index (χ2v) is 9.04. The van der Waals surface area contributed by atoms with Crippen LogP contribution in [-0.4, -0.2) is 0 Å². The first-order valence-electron chi connectivity index (χ1n) is 10.1. The Hall–Kier alpha value is -1.93. The molecule has 0 N–H and O–H groups in total. The molecule has 1 heterocycles. The number of rotatable bonds is 5.